The number of nitrogens with two attached hydrogens (primary N) is 1. The predicted octanol–water partition coefficient (Wildman–Crippen LogP) is 3.77. The number of amides is 1. The van der Waals surface area contributed by atoms with Crippen LogP contribution < -0.4 is 11.1 Å². The van der Waals surface area contributed by atoms with E-state index in [2.05, 4.69) is 21.2 Å². The second-order valence-electron chi connectivity index (χ2n) is 4.38. The van der Waals surface area contributed by atoms with Crippen LogP contribution in [0.1, 0.15) is 37.0 Å². The van der Waals surface area contributed by atoms with Crippen molar-refractivity contribution in [1.82, 2.24) is 5.32 Å². The summed E-state index contributed by atoms with van der Waals surface area (Å²) in [5, 5.41) is 3.28. The minimum absolute atomic E-state index is 0. The Morgan fingerprint density at radius 2 is 2.00 bits per heavy atom. The van der Waals surface area contributed by atoms with Crippen LogP contribution in [-0.2, 0) is 0 Å². The van der Waals surface area contributed by atoms with Gasteiger partial charge in [0.1, 0.15) is 0 Å². The normalized spacial score (nSPS) is 10.8. The molecule has 0 bridgehead atoms. The van der Waals surface area contributed by atoms with Gasteiger partial charge in [0, 0.05) is 16.6 Å². The number of benzene rings is 1. The molecule has 1 aromatic carbocycles. The maximum Gasteiger partial charge on any atom is 0.252 e. The first-order valence-corrected chi connectivity index (χ1v) is 7.11. The number of hydrogen-bond acceptors (Lipinski definition) is 2. The number of rotatable bonds is 5. The maximum atomic E-state index is 12.0. The molecule has 19 heavy (non-hydrogen) atoms. The summed E-state index contributed by atoms with van der Waals surface area (Å²) >= 11 is 9.32. The van der Waals surface area contributed by atoms with Gasteiger partial charge in [-0.1, -0.05) is 41.4 Å². The van der Waals surface area contributed by atoms with Gasteiger partial charge in [0.05, 0.1) is 10.6 Å². The summed E-state index contributed by atoms with van der Waals surface area (Å²) in [7, 11) is 0. The van der Waals surface area contributed by atoms with Crippen molar-refractivity contribution in [3.63, 3.8) is 0 Å². The van der Waals surface area contributed by atoms with Gasteiger partial charge in [-0.2, -0.15) is 0 Å². The zero-order valence-corrected chi connectivity index (χ0v) is 14.2. The van der Waals surface area contributed by atoms with E-state index in [1.807, 2.05) is 13.8 Å². The van der Waals surface area contributed by atoms with Crippen LogP contribution in [-0.4, -0.2) is 18.0 Å². The van der Waals surface area contributed by atoms with Crippen LogP contribution >= 0.6 is 39.9 Å². The van der Waals surface area contributed by atoms with Gasteiger partial charge in [-0.3, -0.25) is 4.79 Å². The summed E-state index contributed by atoms with van der Waals surface area (Å²) in [6, 6.07) is 5.19. The Morgan fingerprint density at radius 1 is 1.42 bits per heavy atom. The van der Waals surface area contributed by atoms with Crippen LogP contribution in [0.25, 0.3) is 0 Å². The first kappa shape index (κ1) is 18.7. The van der Waals surface area contributed by atoms with Gasteiger partial charge in [-0.15, -0.1) is 12.4 Å². The van der Waals surface area contributed by atoms with Crippen molar-refractivity contribution in [1.29, 1.82) is 0 Å². The summed E-state index contributed by atoms with van der Waals surface area (Å²) in [5.74, 6) is -0.196. The highest BCUT2D eigenvalue weighted by molar-refractivity contribution is 9.10. The molecule has 0 spiro atoms. The average Bonchev–Trinajstić information content (AvgIpc) is 2.38. The molecule has 0 aliphatic rings. The third-order valence-electron chi connectivity index (χ3n) is 3.18. The molecule has 0 fully saturated rings. The minimum Gasteiger partial charge on any atom is -0.350 e. The van der Waals surface area contributed by atoms with Gasteiger partial charge in [0.25, 0.3) is 5.91 Å². The van der Waals surface area contributed by atoms with Crippen molar-refractivity contribution in [3.05, 3.63) is 33.3 Å². The summed E-state index contributed by atoms with van der Waals surface area (Å²) in [6.07, 6.45) is 1.63. The Bertz CT molecular complexity index is 437. The van der Waals surface area contributed by atoms with E-state index >= 15 is 0 Å². The lowest BCUT2D eigenvalue weighted by Crippen LogP contribution is -2.49. The van der Waals surface area contributed by atoms with Crippen LogP contribution in [0.4, 0.5) is 0 Å². The first-order chi connectivity index (χ1) is 8.41. The Morgan fingerprint density at radius 3 is 2.53 bits per heavy atom. The zero-order chi connectivity index (χ0) is 13.8. The fourth-order valence-corrected chi connectivity index (χ4v) is 2.09. The summed E-state index contributed by atoms with van der Waals surface area (Å²) in [5.41, 5.74) is 6.24. The van der Waals surface area contributed by atoms with E-state index in [1.165, 1.54) is 0 Å². The third kappa shape index (κ3) is 5.30. The zero-order valence-electron chi connectivity index (χ0n) is 11.0. The molecule has 108 valence electrons. The van der Waals surface area contributed by atoms with E-state index in [-0.39, 0.29) is 23.9 Å². The van der Waals surface area contributed by atoms with Gasteiger partial charge >= 0.3 is 0 Å². The lowest BCUT2D eigenvalue weighted by Gasteiger charge is -2.26. The third-order valence-corrected chi connectivity index (χ3v) is 4.01. The lowest BCUT2D eigenvalue weighted by atomic mass is 9.94. The molecule has 0 radical (unpaired) electrons. The standard InChI is InChI=1S/C13H18BrClN2O.ClH/c1-3-13(16,4-2)8-17-12(18)10-7-9(14)5-6-11(10)15;/h5-7H,3-4,8,16H2,1-2H3,(H,17,18);1H. The second-order valence-corrected chi connectivity index (χ2v) is 5.70. The van der Waals surface area contributed by atoms with E-state index < -0.39 is 0 Å². The predicted molar refractivity (Wildman–Crippen MR) is 86.2 cm³/mol. The van der Waals surface area contributed by atoms with E-state index in [0.29, 0.717) is 17.1 Å². The van der Waals surface area contributed by atoms with Crippen LogP contribution in [0.5, 0.6) is 0 Å². The molecule has 1 amide bonds. The molecule has 0 saturated carbocycles. The number of hydrogen-bond donors (Lipinski definition) is 2. The van der Waals surface area contributed by atoms with E-state index in [0.717, 1.165) is 17.3 Å². The Labute approximate surface area is 133 Å². The van der Waals surface area contributed by atoms with Gasteiger partial charge < -0.3 is 11.1 Å². The highest BCUT2D eigenvalue weighted by Crippen LogP contribution is 2.21. The maximum absolute atomic E-state index is 12.0. The molecule has 1 rings (SSSR count). The molecule has 3 N–H and O–H groups in total. The van der Waals surface area contributed by atoms with E-state index in [4.69, 9.17) is 17.3 Å². The summed E-state index contributed by atoms with van der Waals surface area (Å²) in [4.78, 5) is 12.0. The molecule has 3 nitrogen and oxygen atoms in total. The van der Waals surface area contributed by atoms with Crippen molar-refractivity contribution in [2.24, 2.45) is 5.73 Å². The van der Waals surface area contributed by atoms with Crippen molar-refractivity contribution < 1.29 is 4.79 Å². The fourth-order valence-electron chi connectivity index (χ4n) is 1.52. The van der Waals surface area contributed by atoms with Gasteiger partial charge in [0.2, 0.25) is 0 Å². The fraction of sp³-hybridized carbons (Fsp3) is 0.462. The van der Waals surface area contributed by atoms with Crippen molar-refractivity contribution in [2.75, 3.05) is 6.54 Å². The molecular weight excluding hydrogens is 351 g/mol. The lowest BCUT2D eigenvalue weighted by molar-refractivity contribution is 0.0942. The van der Waals surface area contributed by atoms with E-state index in [9.17, 15) is 4.79 Å². The quantitative estimate of drug-likeness (QED) is 0.829. The Balaban J connectivity index is 0.00000324. The SMILES string of the molecule is CCC(N)(CC)CNC(=O)c1cc(Br)ccc1Cl.Cl. The minimum atomic E-state index is -0.353. The second kappa shape index (κ2) is 8.10. The smallest absolute Gasteiger partial charge is 0.252 e. The molecule has 0 saturated heterocycles. The number of nitrogens with one attached hydrogen (secondary N) is 1. The molecule has 0 aliphatic heterocycles. The molecule has 0 heterocycles. The van der Waals surface area contributed by atoms with Crippen molar-refractivity contribution in [3.8, 4) is 0 Å². The number of carbonyl (C=O) groups excluding carboxylic acids is 1. The molecule has 6 heteroatoms. The molecule has 0 aliphatic carbocycles. The summed E-state index contributed by atoms with van der Waals surface area (Å²) < 4.78 is 0.821. The van der Waals surface area contributed by atoms with Gasteiger partial charge in [-0.25, -0.2) is 0 Å². The monoisotopic (exact) mass is 368 g/mol. The Kier molecular flexibility index (Phi) is 7.98. The van der Waals surface area contributed by atoms with Crippen molar-refractivity contribution in [2.45, 2.75) is 32.2 Å². The Hall–Kier alpha value is -0.290. The molecule has 0 atom stereocenters. The molecule has 0 unspecified atom stereocenters. The van der Waals surface area contributed by atoms with Gasteiger partial charge in [-0.05, 0) is 31.0 Å². The van der Waals surface area contributed by atoms with Crippen LogP contribution in [0.3, 0.4) is 0 Å². The molecule has 0 aromatic heterocycles. The first-order valence-electron chi connectivity index (χ1n) is 5.94. The van der Waals surface area contributed by atoms with E-state index in [1.54, 1.807) is 18.2 Å². The van der Waals surface area contributed by atoms with Crippen molar-refractivity contribution >= 4 is 45.8 Å². The topological polar surface area (TPSA) is 55.1 Å². The van der Waals surface area contributed by atoms with Crippen LogP contribution in [0.2, 0.25) is 5.02 Å². The van der Waals surface area contributed by atoms with Crippen LogP contribution in [0, 0.1) is 0 Å². The molecule has 1 aromatic rings. The summed E-state index contributed by atoms with van der Waals surface area (Å²) in [6.45, 7) is 4.48. The molecular formula is C13H19BrCl2N2O. The van der Waals surface area contributed by atoms with Crippen LogP contribution in [0.15, 0.2) is 22.7 Å². The highest BCUT2D eigenvalue weighted by Gasteiger charge is 2.21. The van der Waals surface area contributed by atoms with Gasteiger partial charge in [0.15, 0.2) is 0 Å². The average molecular weight is 370 g/mol. The largest absolute Gasteiger partial charge is 0.350 e. The number of halogens is 3. The highest BCUT2D eigenvalue weighted by atomic mass is 79.9. The number of carbonyl (C=O) groups is 1.